The SMILES string of the molecule is O=C(OCC(=O)N1CCN(Cc2ccc(Cl)cc2)CC1)c1cccc(F)c1. The molecule has 3 rings (SSSR count). The Kier molecular flexibility index (Phi) is 6.42. The molecule has 142 valence electrons. The first-order chi connectivity index (χ1) is 13.0. The lowest BCUT2D eigenvalue weighted by Crippen LogP contribution is -2.49. The third-order valence-corrected chi connectivity index (χ3v) is 4.68. The molecule has 27 heavy (non-hydrogen) atoms. The molecular formula is C20H20ClFN2O3. The van der Waals surface area contributed by atoms with E-state index in [0.717, 1.165) is 25.7 Å². The Bertz CT molecular complexity index is 805. The number of amides is 1. The van der Waals surface area contributed by atoms with Crippen molar-refractivity contribution in [1.82, 2.24) is 9.80 Å². The van der Waals surface area contributed by atoms with Gasteiger partial charge >= 0.3 is 5.97 Å². The predicted octanol–water partition coefficient (Wildman–Crippen LogP) is 2.98. The third kappa shape index (κ3) is 5.52. The van der Waals surface area contributed by atoms with E-state index in [1.807, 2.05) is 24.3 Å². The van der Waals surface area contributed by atoms with Crippen LogP contribution in [0.25, 0.3) is 0 Å². The zero-order valence-corrected chi connectivity index (χ0v) is 15.5. The Morgan fingerprint density at radius 1 is 1.04 bits per heavy atom. The van der Waals surface area contributed by atoms with Gasteiger partial charge in [-0.25, -0.2) is 9.18 Å². The molecule has 1 saturated heterocycles. The van der Waals surface area contributed by atoms with Gasteiger partial charge in [-0.2, -0.15) is 0 Å². The first-order valence-electron chi connectivity index (χ1n) is 8.68. The van der Waals surface area contributed by atoms with Crippen LogP contribution in [-0.2, 0) is 16.1 Å². The molecule has 2 aromatic rings. The summed E-state index contributed by atoms with van der Waals surface area (Å²) in [7, 11) is 0. The van der Waals surface area contributed by atoms with E-state index in [1.165, 1.54) is 23.8 Å². The van der Waals surface area contributed by atoms with Gasteiger partial charge in [-0.1, -0.05) is 29.8 Å². The topological polar surface area (TPSA) is 49.9 Å². The maximum atomic E-state index is 13.1. The monoisotopic (exact) mass is 390 g/mol. The molecule has 0 aromatic heterocycles. The largest absolute Gasteiger partial charge is 0.452 e. The summed E-state index contributed by atoms with van der Waals surface area (Å²) >= 11 is 5.89. The van der Waals surface area contributed by atoms with Crippen molar-refractivity contribution in [2.75, 3.05) is 32.8 Å². The van der Waals surface area contributed by atoms with Gasteiger partial charge in [0.15, 0.2) is 6.61 Å². The van der Waals surface area contributed by atoms with Crippen LogP contribution in [0.2, 0.25) is 5.02 Å². The molecule has 0 spiro atoms. The van der Waals surface area contributed by atoms with Crippen LogP contribution < -0.4 is 0 Å². The normalized spacial score (nSPS) is 14.8. The average molecular weight is 391 g/mol. The number of carbonyl (C=O) groups excluding carboxylic acids is 2. The van der Waals surface area contributed by atoms with Crippen molar-refractivity contribution in [3.8, 4) is 0 Å². The summed E-state index contributed by atoms with van der Waals surface area (Å²) in [6, 6.07) is 12.9. The lowest BCUT2D eigenvalue weighted by Gasteiger charge is -2.34. The van der Waals surface area contributed by atoms with Crippen molar-refractivity contribution < 1.29 is 18.7 Å². The summed E-state index contributed by atoms with van der Waals surface area (Å²) in [6.45, 7) is 3.09. The van der Waals surface area contributed by atoms with Crippen LogP contribution in [0.4, 0.5) is 4.39 Å². The highest BCUT2D eigenvalue weighted by Crippen LogP contribution is 2.13. The molecule has 0 atom stereocenters. The van der Waals surface area contributed by atoms with Gasteiger partial charge in [0.25, 0.3) is 5.91 Å². The Morgan fingerprint density at radius 3 is 2.41 bits per heavy atom. The van der Waals surface area contributed by atoms with Gasteiger partial charge in [-0.3, -0.25) is 9.69 Å². The van der Waals surface area contributed by atoms with E-state index in [2.05, 4.69) is 4.90 Å². The maximum absolute atomic E-state index is 13.1. The van der Waals surface area contributed by atoms with Gasteiger partial charge in [-0.05, 0) is 35.9 Å². The number of nitrogens with zero attached hydrogens (tertiary/aromatic N) is 2. The number of benzene rings is 2. The fraction of sp³-hybridized carbons (Fsp3) is 0.300. The Morgan fingerprint density at radius 2 is 1.74 bits per heavy atom. The number of carbonyl (C=O) groups is 2. The van der Waals surface area contributed by atoms with E-state index in [-0.39, 0.29) is 18.1 Å². The highest BCUT2D eigenvalue weighted by atomic mass is 35.5. The van der Waals surface area contributed by atoms with Crippen LogP contribution in [0, 0.1) is 5.82 Å². The van der Waals surface area contributed by atoms with Crippen LogP contribution in [-0.4, -0.2) is 54.5 Å². The van der Waals surface area contributed by atoms with E-state index in [4.69, 9.17) is 16.3 Å². The van der Waals surface area contributed by atoms with Crippen molar-refractivity contribution in [3.63, 3.8) is 0 Å². The van der Waals surface area contributed by atoms with Crippen LogP contribution in [0.3, 0.4) is 0 Å². The number of piperazine rings is 1. The molecular weight excluding hydrogens is 371 g/mol. The standard InChI is InChI=1S/C20H20ClFN2O3/c21-17-6-4-15(5-7-17)13-23-8-10-24(11-9-23)19(25)14-27-20(26)16-2-1-3-18(22)12-16/h1-7,12H,8-11,13-14H2. The molecule has 1 amide bonds. The fourth-order valence-corrected chi connectivity index (χ4v) is 3.05. The lowest BCUT2D eigenvalue weighted by atomic mass is 10.2. The summed E-state index contributed by atoms with van der Waals surface area (Å²) in [6.07, 6.45) is 0. The minimum absolute atomic E-state index is 0.0931. The number of hydrogen-bond donors (Lipinski definition) is 0. The minimum Gasteiger partial charge on any atom is -0.452 e. The molecule has 2 aromatic carbocycles. The number of rotatable bonds is 5. The molecule has 1 heterocycles. The zero-order chi connectivity index (χ0) is 19.2. The molecule has 0 aliphatic carbocycles. The van der Waals surface area contributed by atoms with Gasteiger partial charge in [0.1, 0.15) is 5.82 Å². The van der Waals surface area contributed by atoms with Gasteiger partial charge in [0.05, 0.1) is 5.56 Å². The van der Waals surface area contributed by atoms with Crippen LogP contribution in [0.1, 0.15) is 15.9 Å². The summed E-state index contributed by atoms with van der Waals surface area (Å²) < 4.78 is 18.1. The number of halogens is 2. The van der Waals surface area contributed by atoms with Crippen molar-refractivity contribution >= 4 is 23.5 Å². The zero-order valence-electron chi connectivity index (χ0n) is 14.7. The second-order valence-corrected chi connectivity index (χ2v) is 6.81. The van der Waals surface area contributed by atoms with Crippen molar-refractivity contribution in [2.24, 2.45) is 0 Å². The van der Waals surface area contributed by atoms with Gasteiger partial charge in [0.2, 0.25) is 0 Å². The smallest absolute Gasteiger partial charge is 0.338 e. The predicted molar refractivity (Wildman–Crippen MR) is 100.0 cm³/mol. The fourth-order valence-electron chi connectivity index (χ4n) is 2.92. The van der Waals surface area contributed by atoms with E-state index >= 15 is 0 Å². The maximum Gasteiger partial charge on any atom is 0.338 e. The number of ether oxygens (including phenoxy) is 1. The van der Waals surface area contributed by atoms with Crippen molar-refractivity contribution in [1.29, 1.82) is 0 Å². The Balaban J connectivity index is 1.43. The number of esters is 1. The average Bonchev–Trinajstić information content (AvgIpc) is 2.68. The Labute approximate surface area is 162 Å². The summed E-state index contributed by atoms with van der Waals surface area (Å²) in [5.41, 5.74) is 1.26. The van der Waals surface area contributed by atoms with Gasteiger partial charge < -0.3 is 9.64 Å². The molecule has 0 bridgehead atoms. The van der Waals surface area contributed by atoms with Crippen molar-refractivity contribution in [2.45, 2.75) is 6.54 Å². The van der Waals surface area contributed by atoms with Gasteiger partial charge in [-0.15, -0.1) is 0 Å². The molecule has 0 unspecified atom stereocenters. The highest BCUT2D eigenvalue weighted by molar-refractivity contribution is 6.30. The molecule has 5 nitrogen and oxygen atoms in total. The van der Waals surface area contributed by atoms with Crippen molar-refractivity contribution in [3.05, 3.63) is 70.5 Å². The van der Waals surface area contributed by atoms with E-state index in [1.54, 1.807) is 4.90 Å². The number of hydrogen-bond acceptors (Lipinski definition) is 4. The van der Waals surface area contributed by atoms with E-state index in [0.29, 0.717) is 18.1 Å². The quantitative estimate of drug-likeness (QED) is 0.736. The molecule has 7 heteroatoms. The molecule has 1 fully saturated rings. The molecule has 1 aliphatic heterocycles. The van der Waals surface area contributed by atoms with Crippen LogP contribution >= 0.6 is 11.6 Å². The third-order valence-electron chi connectivity index (χ3n) is 4.43. The first kappa shape index (κ1) is 19.3. The van der Waals surface area contributed by atoms with E-state index in [9.17, 15) is 14.0 Å². The molecule has 0 radical (unpaired) electrons. The molecule has 0 N–H and O–H groups in total. The summed E-state index contributed by atoms with van der Waals surface area (Å²) in [5.74, 6) is -1.47. The van der Waals surface area contributed by atoms with Crippen LogP contribution in [0.15, 0.2) is 48.5 Å². The Hall–Kier alpha value is -2.44. The first-order valence-corrected chi connectivity index (χ1v) is 9.06. The second kappa shape index (κ2) is 8.97. The summed E-state index contributed by atoms with van der Waals surface area (Å²) in [4.78, 5) is 28.1. The van der Waals surface area contributed by atoms with Gasteiger partial charge in [0, 0.05) is 37.7 Å². The summed E-state index contributed by atoms with van der Waals surface area (Å²) in [5, 5.41) is 0.710. The minimum atomic E-state index is -0.704. The highest BCUT2D eigenvalue weighted by Gasteiger charge is 2.22. The lowest BCUT2D eigenvalue weighted by molar-refractivity contribution is -0.136. The molecule has 1 aliphatic rings. The second-order valence-electron chi connectivity index (χ2n) is 6.37. The van der Waals surface area contributed by atoms with Crippen LogP contribution in [0.5, 0.6) is 0 Å². The van der Waals surface area contributed by atoms with E-state index < -0.39 is 11.8 Å². The molecule has 0 saturated carbocycles.